The standard InChI is InChI=1S/C2H4O2.CH5N3.Cu/c1-2(3)4;2-1(3)4;/h1H3,(H,3,4);(H5,2,3,4);. The van der Waals surface area contributed by atoms with Crippen LogP contribution in [-0.4, -0.2) is 17.0 Å². The molecule has 0 bridgehead atoms. The number of hydrogen-bond donors (Lipinski definition) is 4. The van der Waals surface area contributed by atoms with E-state index in [0.717, 1.165) is 6.92 Å². The van der Waals surface area contributed by atoms with Gasteiger partial charge in [0.15, 0.2) is 5.96 Å². The van der Waals surface area contributed by atoms with Crippen LogP contribution in [0.4, 0.5) is 0 Å². The van der Waals surface area contributed by atoms with Crippen LogP contribution in [0.1, 0.15) is 6.92 Å². The molecule has 6 heteroatoms. The maximum absolute atomic E-state index is 9.00. The van der Waals surface area contributed by atoms with Gasteiger partial charge in [0.2, 0.25) is 0 Å². The predicted molar refractivity (Wildman–Crippen MR) is 29.4 cm³/mol. The average molecular weight is 183 g/mol. The molecule has 0 aliphatic rings. The smallest absolute Gasteiger partial charge is 0.300 e. The van der Waals surface area contributed by atoms with Crippen LogP contribution in [0.2, 0.25) is 0 Å². The van der Waals surface area contributed by atoms with Gasteiger partial charge in [-0.2, -0.15) is 0 Å². The quantitative estimate of drug-likeness (QED) is 0.217. The van der Waals surface area contributed by atoms with E-state index in [1.165, 1.54) is 0 Å². The minimum atomic E-state index is -0.833. The zero-order valence-electron chi connectivity index (χ0n) is 4.81. The first-order valence-corrected chi connectivity index (χ1v) is 1.76. The normalized spacial score (nSPS) is 5.44. The molecule has 5 nitrogen and oxygen atoms in total. The van der Waals surface area contributed by atoms with E-state index in [-0.39, 0.29) is 23.0 Å². The van der Waals surface area contributed by atoms with Crippen molar-refractivity contribution in [3.63, 3.8) is 0 Å². The van der Waals surface area contributed by atoms with Gasteiger partial charge in [-0.1, -0.05) is 0 Å². The fourth-order valence-corrected chi connectivity index (χ4v) is 0. The van der Waals surface area contributed by atoms with Gasteiger partial charge in [-0.25, -0.2) is 0 Å². The summed E-state index contributed by atoms with van der Waals surface area (Å²) in [6.07, 6.45) is 0. The van der Waals surface area contributed by atoms with Gasteiger partial charge in [0.1, 0.15) is 0 Å². The Labute approximate surface area is 63.4 Å². The summed E-state index contributed by atoms with van der Waals surface area (Å²) >= 11 is 0. The van der Waals surface area contributed by atoms with E-state index in [4.69, 9.17) is 15.3 Å². The largest absolute Gasteiger partial charge is 0.481 e. The van der Waals surface area contributed by atoms with Gasteiger partial charge in [-0.05, 0) is 0 Å². The molecule has 0 saturated carbocycles. The molecule has 0 heterocycles. The van der Waals surface area contributed by atoms with Crippen LogP contribution in [0, 0.1) is 5.41 Å². The molecular formula is C3H9CuN3O2. The van der Waals surface area contributed by atoms with Crippen LogP contribution in [0.15, 0.2) is 0 Å². The Kier molecular flexibility index (Phi) is 18.0. The minimum Gasteiger partial charge on any atom is -0.481 e. The molecular weight excluding hydrogens is 174 g/mol. The fraction of sp³-hybridized carbons (Fsp3) is 0.333. The van der Waals surface area contributed by atoms with Gasteiger partial charge < -0.3 is 16.6 Å². The summed E-state index contributed by atoms with van der Waals surface area (Å²) in [6, 6.07) is 0. The summed E-state index contributed by atoms with van der Waals surface area (Å²) in [5, 5.41) is 13.5. The second-order valence-electron chi connectivity index (χ2n) is 0.974. The van der Waals surface area contributed by atoms with Crippen LogP contribution in [-0.2, 0) is 21.9 Å². The van der Waals surface area contributed by atoms with E-state index in [1.54, 1.807) is 0 Å². The summed E-state index contributed by atoms with van der Waals surface area (Å²) < 4.78 is 0. The Morgan fingerprint density at radius 2 is 1.56 bits per heavy atom. The average Bonchev–Trinajstić information content (AvgIpc) is 1.25. The van der Waals surface area contributed by atoms with E-state index in [9.17, 15) is 0 Å². The van der Waals surface area contributed by atoms with E-state index >= 15 is 0 Å². The van der Waals surface area contributed by atoms with Gasteiger partial charge in [-0.3, -0.25) is 10.2 Å². The molecule has 0 spiro atoms. The molecule has 1 radical (unpaired) electrons. The maximum atomic E-state index is 9.00. The molecule has 0 aliphatic carbocycles. The molecule has 0 aromatic heterocycles. The van der Waals surface area contributed by atoms with Gasteiger partial charge in [0.05, 0.1) is 0 Å². The second kappa shape index (κ2) is 10.3. The molecule has 0 rings (SSSR count). The van der Waals surface area contributed by atoms with Crippen molar-refractivity contribution in [2.45, 2.75) is 6.92 Å². The summed E-state index contributed by atoms with van der Waals surface area (Å²) in [5.41, 5.74) is 8.94. The number of aliphatic carboxylic acids is 1. The third kappa shape index (κ3) is 366. The first kappa shape index (κ1) is 15.7. The Morgan fingerprint density at radius 1 is 1.56 bits per heavy atom. The number of nitrogens with two attached hydrogens (primary N) is 2. The van der Waals surface area contributed by atoms with Gasteiger partial charge >= 0.3 is 0 Å². The number of carboxylic acid groups (broad SMARTS) is 1. The number of rotatable bonds is 0. The van der Waals surface area contributed by atoms with E-state index in [0.29, 0.717) is 0 Å². The number of carbonyl (C=O) groups is 1. The van der Waals surface area contributed by atoms with Crippen molar-refractivity contribution in [1.82, 2.24) is 0 Å². The zero-order valence-corrected chi connectivity index (χ0v) is 5.75. The first-order chi connectivity index (χ1) is 3.46. The molecule has 0 aromatic rings. The topological polar surface area (TPSA) is 113 Å². The molecule has 0 amide bonds. The number of carboxylic acids is 1. The molecule has 59 valence electrons. The summed E-state index contributed by atoms with van der Waals surface area (Å²) in [6.45, 7) is 1.08. The summed E-state index contributed by atoms with van der Waals surface area (Å²) in [5.74, 6) is -1.17. The van der Waals surface area contributed by atoms with Crippen molar-refractivity contribution in [2.75, 3.05) is 0 Å². The number of nitrogens with one attached hydrogen (secondary N) is 1. The molecule has 0 saturated heterocycles. The van der Waals surface area contributed by atoms with Gasteiger partial charge in [0.25, 0.3) is 5.97 Å². The van der Waals surface area contributed by atoms with Crippen molar-refractivity contribution in [2.24, 2.45) is 11.5 Å². The Bertz CT molecular complexity index is 75.1. The number of guanidine groups is 1. The predicted octanol–water partition coefficient (Wildman–Crippen LogP) is -1.07. The Balaban J connectivity index is -0.0000000720. The molecule has 9 heavy (non-hydrogen) atoms. The van der Waals surface area contributed by atoms with Crippen molar-refractivity contribution in [1.29, 1.82) is 5.41 Å². The monoisotopic (exact) mass is 182 g/mol. The molecule has 0 atom stereocenters. The van der Waals surface area contributed by atoms with Crippen molar-refractivity contribution in [3.05, 3.63) is 0 Å². The first-order valence-electron chi connectivity index (χ1n) is 1.76. The Morgan fingerprint density at radius 3 is 1.56 bits per heavy atom. The van der Waals surface area contributed by atoms with Crippen molar-refractivity contribution >= 4 is 11.9 Å². The third-order valence-corrected chi connectivity index (χ3v) is 0. The van der Waals surface area contributed by atoms with Crippen LogP contribution in [0.25, 0.3) is 0 Å². The van der Waals surface area contributed by atoms with Crippen LogP contribution in [0.5, 0.6) is 0 Å². The van der Waals surface area contributed by atoms with Gasteiger partial charge in [-0.15, -0.1) is 0 Å². The molecule has 0 aliphatic heterocycles. The third-order valence-electron chi connectivity index (χ3n) is 0. The van der Waals surface area contributed by atoms with Gasteiger partial charge in [0, 0.05) is 24.0 Å². The number of hydrogen-bond acceptors (Lipinski definition) is 2. The van der Waals surface area contributed by atoms with E-state index in [1.807, 2.05) is 0 Å². The summed E-state index contributed by atoms with van der Waals surface area (Å²) in [4.78, 5) is 9.00. The van der Waals surface area contributed by atoms with Crippen LogP contribution >= 0.6 is 0 Å². The molecule has 0 aromatic carbocycles. The SMILES string of the molecule is CC(=O)O.N=C(N)N.[Cu]. The van der Waals surface area contributed by atoms with Crippen molar-refractivity contribution in [3.8, 4) is 0 Å². The Hall–Kier alpha value is -0.741. The summed E-state index contributed by atoms with van der Waals surface area (Å²) in [7, 11) is 0. The van der Waals surface area contributed by atoms with Crippen LogP contribution in [0.3, 0.4) is 0 Å². The maximum Gasteiger partial charge on any atom is 0.300 e. The molecule has 0 fully saturated rings. The van der Waals surface area contributed by atoms with E-state index in [2.05, 4.69) is 11.5 Å². The van der Waals surface area contributed by atoms with Crippen molar-refractivity contribution < 1.29 is 27.0 Å². The van der Waals surface area contributed by atoms with Crippen LogP contribution < -0.4 is 11.5 Å². The molecule has 6 N–H and O–H groups in total. The minimum absolute atomic E-state index is 0. The van der Waals surface area contributed by atoms with E-state index < -0.39 is 5.97 Å². The molecule has 0 unspecified atom stereocenters. The zero-order chi connectivity index (χ0) is 7.15. The second-order valence-corrected chi connectivity index (χ2v) is 0.974. The fourth-order valence-electron chi connectivity index (χ4n) is 0.